The number of nitrogens with one attached hydrogen (secondary N) is 2. The second kappa shape index (κ2) is 7.36. The minimum Gasteiger partial charge on any atom is -0.337 e. The zero-order valence-electron chi connectivity index (χ0n) is 15.9. The maximum Gasteiger partial charge on any atom is 0.316 e. The lowest BCUT2D eigenvalue weighted by Crippen LogP contribution is -2.69. The van der Waals surface area contributed by atoms with E-state index in [4.69, 9.17) is 0 Å². The Morgan fingerprint density at radius 3 is 2.54 bits per heavy atom. The largest absolute Gasteiger partial charge is 0.337 e. The van der Waals surface area contributed by atoms with E-state index in [-0.39, 0.29) is 30.4 Å². The van der Waals surface area contributed by atoms with Crippen molar-refractivity contribution in [3.63, 3.8) is 0 Å². The van der Waals surface area contributed by atoms with E-state index in [0.717, 1.165) is 5.56 Å². The Balaban J connectivity index is 2.27. The van der Waals surface area contributed by atoms with Crippen LogP contribution < -0.4 is 10.2 Å². The van der Waals surface area contributed by atoms with Crippen molar-refractivity contribution in [3.05, 3.63) is 47.4 Å². The molecule has 0 amide bonds. The Bertz CT molecular complexity index is 1000. The number of nitrogens with zero attached hydrogens (tertiary/aromatic N) is 3. The van der Waals surface area contributed by atoms with E-state index in [2.05, 4.69) is 20.3 Å². The van der Waals surface area contributed by atoms with Crippen molar-refractivity contribution in [2.45, 2.75) is 38.2 Å². The predicted molar refractivity (Wildman–Crippen MR) is 106 cm³/mol. The monoisotopic (exact) mass is 405 g/mol. The van der Waals surface area contributed by atoms with Crippen LogP contribution in [0.3, 0.4) is 0 Å². The molecule has 0 spiro atoms. The van der Waals surface area contributed by atoms with Gasteiger partial charge in [-0.05, 0) is 12.5 Å². The summed E-state index contributed by atoms with van der Waals surface area (Å²) < 4.78 is 34.7. The SMILES string of the molecule is CCN=C1NC(C=O)(S(=O)(=O)O)N(Cc2ccccc2)c2nc(C(C)C)[nH]c21. The van der Waals surface area contributed by atoms with Crippen LogP contribution in [0, 0.1) is 0 Å². The normalized spacial score (nSPS) is 20.9. The van der Waals surface area contributed by atoms with E-state index >= 15 is 0 Å². The third kappa shape index (κ3) is 3.29. The minimum absolute atomic E-state index is 0.0289. The highest BCUT2D eigenvalue weighted by Gasteiger charge is 2.54. The van der Waals surface area contributed by atoms with Gasteiger partial charge in [-0.3, -0.25) is 14.3 Å². The molecular formula is C18H23N5O4S. The second-order valence-corrected chi connectivity index (χ2v) is 8.36. The molecule has 1 atom stereocenters. The zero-order valence-corrected chi connectivity index (χ0v) is 16.7. The molecule has 9 nitrogen and oxygen atoms in total. The van der Waals surface area contributed by atoms with Crippen LogP contribution in [0.4, 0.5) is 5.82 Å². The average Bonchev–Trinajstić information content (AvgIpc) is 3.09. The highest BCUT2D eigenvalue weighted by atomic mass is 32.2. The number of imidazole rings is 1. The summed E-state index contributed by atoms with van der Waals surface area (Å²) >= 11 is 0. The summed E-state index contributed by atoms with van der Waals surface area (Å²) in [6.07, 6.45) is 0.170. The first kappa shape index (κ1) is 20.0. The lowest BCUT2D eigenvalue weighted by Gasteiger charge is -2.42. The number of aromatic amines is 1. The molecular weight excluding hydrogens is 382 g/mol. The van der Waals surface area contributed by atoms with Crippen molar-refractivity contribution in [2.75, 3.05) is 11.4 Å². The fourth-order valence-corrected chi connectivity index (χ4v) is 3.84. The van der Waals surface area contributed by atoms with Gasteiger partial charge in [-0.15, -0.1) is 0 Å². The number of anilines is 1. The van der Waals surface area contributed by atoms with E-state index in [0.29, 0.717) is 18.1 Å². The van der Waals surface area contributed by atoms with E-state index < -0.39 is 15.1 Å². The summed E-state index contributed by atoms with van der Waals surface area (Å²) in [6, 6.07) is 9.03. The second-order valence-electron chi connectivity index (χ2n) is 6.78. The van der Waals surface area contributed by atoms with Crippen LogP contribution in [0.25, 0.3) is 0 Å². The van der Waals surface area contributed by atoms with Crippen molar-refractivity contribution < 1.29 is 17.8 Å². The highest BCUT2D eigenvalue weighted by Crippen LogP contribution is 2.34. The summed E-state index contributed by atoms with van der Waals surface area (Å²) in [5, 5.41) is 2.63. The van der Waals surface area contributed by atoms with Crippen molar-refractivity contribution in [2.24, 2.45) is 4.99 Å². The van der Waals surface area contributed by atoms with Crippen LogP contribution in [0.1, 0.15) is 43.8 Å². The Morgan fingerprint density at radius 1 is 1.32 bits per heavy atom. The van der Waals surface area contributed by atoms with Crippen molar-refractivity contribution in [3.8, 4) is 0 Å². The van der Waals surface area contributed by atoms with Crippen LogP contribution in [-0.4, -0.2) is 46.6 Å². The highest BCUT2D eigenvalue weighted by molar-refractivity contribution is 7.88. The van der Waals surface area contributed by atoms with Gasteiger partial charge in [0, 0.05) is 19.0 Å². The number of carbonyl (C=O) groups is 1. The van der Waals surface area contributed by atoms with Gasteiger partial charge < -0.3 is 15.2 Å². The number of H-pyrrole nitrogens is 1. The topological polar surface area (TPSA) is 128 Å². The Labute approximate surface area is 163 Å². The number of benzene rings is 1. The smallest absolute Gasteiger partial charge is 0.316 e. The van der Waals surface area contributed by atoms with Gasteiger partial charge in [-0.25, -0.2) is 4.98 Å². The summed E-state index contributed by atoms with van der Waals surface area (Å²) in [5.74, 6) is 1.04. The molecule has 1 aliphatic rings. The summed E-state index contributed by atoms with van der Waals surface area (Å²) in [5.41, 5.74) is 1.22. The molecule has 0 fully saturated rings. The number of carbonyl (C=O) groups excluding carboxylic acids is 1. The number of amidine groups is 1. The molecule has 0 aliphatic carbocycles. The summed E-state index contributed by atoms with van der Waals surface area (Å²) in [4.78, 5) is 22.9. The van der Waals surface area contributed by atoms with Gasteiger partial charge in [0.05, 0.1) is 0 Å². The van der Waals surface area contributed by atoms with E-state index in [9.17, 15) is 17.8 Å². The van der Waals surface area contributed by atoms with Gasteiger partial charge in [0.1, 0.15) is 11.5 Å². The molecule has 1 aliphatic heterocycles. The summed E-state index contributed by atoms with van der Waals surface area (Å²) in [7, 11) is -4.90. The molecule has 3 rings (SSSR count). The first-order chi connectivity index (χ1) is 13.2. The number of aliphatic imine (C=N–C) groups is 1. The average molecular weight is 405 g/mol. The third-order valence-corrected chi connectivity index (χ3v) is 5.70. The first-order valence-corrected chi connectivity index (χ1v) is 10.3. The van der Waals surface area contributed by atoms with Crippen molar-refractivity contribution in [1.82, 2.24) is 15.3 Å². The van der Waals surface area contributed by atoms with Gasteiger partial charge >= 0.3 is 15.1 Å². The molecule has 28 heavy (non-hydrogen) atoms. The number of aromatic nitrogens is 2. The van der Waals surface area contributed by atoms with E-state index in [1.165, 1.54) is 4.90 Å². The third-order valence-electron chi connectivity index (χ3n) is 4.49. The number of rotatable bonds is 6. The maximum absolute atomic E-state index is 12.4. The Kier molecular flexibility index (Phi) is 5.26. The van der Waals surface area contributed by atoms with Crippen LogP contribution in [0.5, 0.6) is 0 Å². The molecule has 0 saturated heterocycles. The predicted octanol–water partition coefficient (Wildman–Crippen LogP) is 1.65. The zero-order chi connectivity index (χ0) is 20.5. The molecule has 3 N–H and O–H groups in total. The molecule has 1 aromatic heterocycles. The van der Waals surface area contributed by atoms with Gasteiger partial charge in [0.2, 0.25) is 0 Å². The Morgan fingerprint density at radius 2 is 2.00 bits per heavy atom. The van der Waals surface area contributed by atoms with Crippen molar-refractivity contribution in [1.29, 1.82) is 0 Å². The van der Waals surface area contributed by atoms with Crippen LogP contribution in [0.2, 0.25) is 0 Å². The van der Waals surface area contributed by atoms with Gasteiger partial charge in [-0.1, -0.05) is 44.2 Å². The maximum atomic E-state index is 12.4. The quantitative estimate of drug-likeness (QED) is 0.492. The van der Waals surface area contributed by atoms with Crippen LogP contribution in [-0.2, 0) is 21.5 Å². The molecule has 0 bridgehead atoms. The van der Waals surface area contributed by atoms with E-state index in [1.54, 1.807) is 31.2 Å². The molecule has 0 radical (unpaired) electrons. The molecule has 150 valence electrons. The van der Waals surface area contributed by atoms with Gasteiger partial charge in [-0.2, -0.15) is 8.42 Å². The van der Waals surface area contributed by atoms with Crippen LogP contribution >= 0.6 is 0 Å². The summed E-state index contributed by atoms with van der Waals surface area (Å²) in [6.45, 7) is 6.02. The molecule has 1 unspecified atom stereocenters. The Hall–Kier alpha value is -2.72. The lowest BCUT2D eigenvalue weighted by molar-refractivity contribution is -0.110. The molecule has 1 aromatic carbocycles. The lowest BCUT2D eigenvalue weighted by atomic mass is 10.1. The van der Waals surface area contributed by atoms with Gasteiger partial charge in [0.15, 0.2) is 17.9 Å². The minimum atomic E-state index is -4.90. The molecule has 2 heterocycles. The van der Waals surface area contributed by atoms with Gasteiger partial charge in [0.25, 0.3) is 0 Å². The number of hydrogen-bond donors (Lipinski definition) is 3. The number of aldehydes is 1. The van der Waals surface area contributed by atoms with Crippen molar-refractivity contribution >= 4 is 28.1 Å². The molecule has 0 saturated carbocycles. The molecule has 10 heteroatoms. The first-order valence-electron chi connectivity index (χ1n) is 8.91. The standard InChI is InChI=1S/C18H23N5O4S/c1-4-19-16-14-17(21-15(20-14)12(2)3)23(10-13-8-6-5-7-9-13)18(11-24,22-16)28(25,26)27/h5-9,11-12H,4,10H2,1-3H3,(H,19,22)(H,20,21)(H,25,26,27). The number of fused-ring (bicyclic) bond motifs is 1. The van der Waals surface area contributed by atoms with Crippen LogP contribution in [0.15, 0.2) is 35.3 Å². The molecule has 2 aromatic rings. The fraction of sp³-hybridized carbons (Fsp3) is 0.389. The number of hydrogen-bond acceptors (Lipinski definition) is 6. The fourth-order valence-electron chi connectivity index (χ4n) is 3.07. The van der Waals surface area contributed by atoms with E-state index in [1.807, 2.05) is 19.9 Å².